The van der Waals surface area contributed by atoms with Crippen LogP contribution in [0.2, 0.25) is 5.15 Å². The number of nitrogens with zero attached hydrogens (tertiary/aromatic N) is 4. The highest BCUT2D eigenvalue weighted by atomic mass is 35.5. The molecule has 5 rings (SSSR count). The van der Waals surface area contributed by atoms with Crippen molar-refractivity contribution in [2.75, 3.05) is 18.5 Å². The first kappa shape index (κ1) is 34.8. The molecule has 3 N–H and O–H groups in total. The Labute approximate surface area is 271 Å². The quantitative estimate of drug-likeness (QED) is 0.0917. The largest absolute Gasteiger partial charge is 0.477 e. The highest BCUT2D eigenvalue weighted by Crippen LogP contribution is 2.59. The zero-order valence-corrected chi connectivity index (χ0v) is 26.3. The summed E-state index contributed by atoms with van der Waals surface area (Å²) in [6.07, 6.45) is 3.31. The molecule has 1 aliphatic heterocycles. The van der Waals surface area contributed by atoms with Crippen molar-refractivity contribution in [2.24, 2.45) is 5.41 Å². The van der Waals surface area contributed by atoms with E-state index < -0.39 is 17.5 Å². The van der Waals surface area contributed by atoms with Gasteiger partial charge in [-0.15, -0.1) is 5.10 Å². The molecule has 1 aliphatic carbocycles. The fourth-order valence-electron chi connectivity index (χ4n) is 5.31. The Morgan fingerprint density at radius 1 is 1.16 bits per heavy atom. The van der Waals surface area contributed by atoms with Crippen molar-refractivity contribution >= 4 is 35.3 Å². The van der Waals surface area contributed by atoms with Gasteiger partial charge in [0.15, 0.2) is 5.82 Å². The van der Waals surface area contributed by atoms with E-state index in [1.807, 2.05) is 12.1 Å². The average molecular weight is 668 g/mol. The van der Waals surface area contributed by atoms with Gasteiger partial charge in [-0.25, -0.2) is 14.6 Å². The Morgan fingerprint density at radius 3 is 2.64 bits per heavy atom. The molecule has 9 nitrogen and oxygen atoms in total. The summed E-state index contributed by atoms with van der Waals surface area (Å²) < 4.78 is 48.9. The zero-order valence-electron chi connectivity index (χ0n) is 24.7. The monoisotopic (exact) mass is 667 g/mol. The molecule has 0 aromatic carbocycles. The van der Waals surface area contributed by atoms with Gasteiger partial charge in [0, 0.05) is 42.3 Å². The number of anilines is 1. The van der Waals surface area contributed by atoms with Gasteiger partial charge in [0.2, 0.25) is 5.88 Å². The number of aromatic nitrogens is 4. The maximum atomic E-state index is 13.1. The molecule has 0 bridgehead atoms. The van der Waals surface area contributed by atoms with Crippen LogP contribution in [0.3, 0.4) is 0 Å². The number of unbranched alkanes of at least 4 members (excludes halogenated alkanes) is 1. The predicted molar refractivity (Wildman–Crippen MR) is 171 cm³/mol. The standard InChI is InChI=1S/C30H37ClF3N7O2S.CH4/c1-28(2)13-11-20(38-28)6-3-4-17-35-22-7-5-8-25(36-22)44-40-27(42)21-9-10-23(37-26(21)31)41-18-12-24(39-41)43-19-16-29(14-15-29)30(32,33)34;/h5,7-10,12,18,20,38H,3-4,6,11,13-17,19H2,1-2H3,(H,35,36)(H,40,42);1H4. The van der Waals surface area contributed by atoms with E-state index in [2.05, 4.69) is 44.3 Å². The SMILES string of the molecule is C.CC1(C)CCC(CCCCNc2cccc(SNC(=O)c3ccc(-n4ccc(OCCC5(C(F)(F)F)CC5)n4)nc3Cl)n2)N1. The van der Waals surface area contributed by atoms with Gasteiger partial charge in [0.25, 0.3) is 5.91 Å². The van der Waals surface area contributed by atoms with Crippen LogP contribution in [0.1, 0.15) is 83.0 Å². The summed E-state index contributed by atoms with van der Waals surface area (Å²) in [7, 11) is 0. The lowest BCUT2D eigenvalue weighted by Crippen LogP contribution is -2.37. The van der Waals surface area contributed by atoms with Crippen molar-refractivity contribution in [3.05, 3.63) is 53.3 Å². The van der Waals surface area contributed by atoms with E-state index in [-0.39, 0.29) is 55.4 Å². The number of carbonyl (C=O) groups excluding carboxylic acids is 1. The number of ether oxygens (including phenoxy) is 1. The van der Waals surface area contributed by atoms with Crippen molar-refractivity contribution in [2.45, 2.75) is 95.4 Å². The smallest absolute Gasteiger partial charge is 0.394 e. The second-order valence-electron chi connectivity index (χ2n) is 12.1. The van der Waals surface area contributed by atoms with Gasteiger partial charge >= 0.3 is 6.18 Å². The first-order valence-corrected chi connectivity index (χ1v) is 16.0. The molecule has 45 heavy (non-hydrogen) atoms. The first-order chi connectivity index (χ1) is 20.9. The molecule has 1 unspecified atom stereocenters. The minimum Gasteiger partial charge on any atom is -0.477 e. The number of pyridine rings is 2. The third-order valence-electron chi connectivity index (χ3n) is 8.13. The van der Waals surface area contributed by atoms with E-state index in [0.717, 1.165) is 37.2 Å². The van der Waals surface area contributed by atoms with Gasteiger partial charge in [0.1, 0.15) is 16.0 Å². The number of carbonyl (C=O) groups is 1. The van der Waals surface area contributed by atoms with Gasteiger partial charge in [-0.3, -0.25) is 9.52 Å². The van der Waals surface area contributed by atoms with Crippen LogP contribution in [-0.2, 0) is 0 Å². The van der Waals surface area contributed by atoms with E-state index in [4.69, 9.17) is 16.3 Å². The van der Waals surface area contributed by atoms with E-state index in [9.17, 15) is 18.0 Å². The Balaban J connectivity index is 0.00000461. The topological polar surface area (TPSA) is 106 Å². The molecule has 2 fully saturated rings. The first-order valence-electron chi connectivity index (χ1n) is 14.8. The number of alkyl halides is 3. The van der Waals surface area contributed by atoms with Gasteiger partial charge in [-0.1, -0.05) is 31.5 Å². The normalized spacial score (nSPS) is 18.2. The highest BCUT2D eigenvalue weighted by Gasteiger charge is 2.62. The molecule has 246 valence electrons. The number of hydrogen-bond donors (Lipinski definition) is 3. The molecule has 2 aliphatic rings. The number of rotatable bonds is 14. The van der Waals surface area contributed by atoms with Crippen LogP contribution < -0.4 is 20.1 Å². The Morgan fingerprint density at radius 2 is 1.96 bits per heavy atom. The van der Waals surface area contributed by atoms with Gasteiger partial charge in [-0.05, 0) is 83.1 Å². The van der Waals surface area contributed by atoms with Gasteiger partial charge in [0.05, 0.1) is 17.6 Å². The van der Waals surface area contributed by atoms with Crippen LogP contribution in [0.5, 0.6) is 5.88 Å². The van der Waals surface area contributed by atoms with Crippen LogP contribution in [-0.4, -0.2) is 56.6 Å². The van der Waals surface area contributed by atoms with Crippen LogP contribution in [0.25, 0.3) is 5.82 Å². The average Bonchev–Trinajstić information content (AvgIpc) is 3.50. The Kier molecular flexibility index (Phi) is 11.3. The lowest BCUT2D eigenvalue weighted by molar-refractivity contribution is -0.190. The molecular formula is C31H41ClF3N7O2S. The highest BCUT2D eigenvalue weighted by molar-refractivity contribution is 7.97. The minimum atomic E-state index is -4.22. The van der Waals surface area contributed by atoms with Crippen molar-refractivity contribution in [3.8, 4) is 11.7 Å². The number of halogens is 4. The number of hydrogen-bond acceptors (Lipinski definition) is 8. The van der Waals surface area contributed by atoms with Crippen LogP contribution in [0.15, 0.2) is 47.6 Å². The fraction of sp³-hybridized carbons (Fsp3) is 0.548. The molecular weight excluding hydrogens is 627 g/mol. The molecule has 4 heterocycles. The fourth-order valence-corrected chi connectivity index (χ4v) is 6.15. The predicted octanol–water partition coefficient (Wildman–Crippen LogP) is 7.61. The lowest BCUT2D eigenvalue weighted by atomic mass is 10.0. The van der Waals surface area contributed by atoms with Crippen LogP contribution in [0, 0.1) is 5.41 Å². The zero-order chi connectivity index (χ0) is 31.4. The summed E-state index contributed by atoms with van der Waals surface area (Å²) in [4.78, 5) is 21.6. The third kappa shape index (κ3) is 9.26. The molecule has 3 aromatic rings. The molecule has 3 aromatic heterocycles. The Hall–Kier alpha value is -3.03. The van der Waals surface area contributed by atoms with E-state index in [0.29, 0.717) is 16.9 Å². The van der Waals surface area contributed by atoms with Crippen molar-refractivity contribution in [1.82, 2.24) is 29.8 Å². The summed E-state index contributed by atoms with van der Waals surface area (Å²) in [6.45, 7) is 5.24. The summed E-state index contributed by atoms with van der Waals surface area (Å²) in [5.74, 6) is 0.801. The second-order valence-corrected chi connectivity index (χ2v) is 13.2. The maximum Gasteiger partial charge on any atom is 0.394 e. The molecule has 14 heteroatoms. The second kappa shape index (κ2) is 14.6. The summed E-state index contributed by atoms with van der Waals surface area (Å²) in [5.41, 5.74) is -1.21. The molecule has 0 spiro atoms. The maximum absolute atomic E-state index is 13.1. The summed E-state index contributed by atoms with van der Waals surface area (Å²) in [5, 5.41) is 11.8. The molecule has 1 saturated carbocycles. The van der Waals surface area contributed by atoms with Crippen LogP contribution in [0.4, 0.5) is 19.0 Å². The van der Waals surface area contributed by atoms with Crippen molar-refractivity contribution < 1.29 is 22.7 Å². The van der Waals surface area contributed by atoms with E-state index >= 15 is 0 Å². The molecule has 1 amide bonds. The number of nitrogens with one attached hydrogen (secondary N) is 3. The molecule has 1 saturated heterocycles. The van der Waals surface area contributed by atoms with Crippen molar-refractivity contribution in [1.29, 1.82) is 0 Å². The molecule has 0 radical (unpaired) electrons. The van der Waals surface area contributed by atoms with Gasteiger partial charge < -0.3 is 15.4 Å². The number of amides is 1. The molecule has 1 atom stereocenters. The third-order valence-corrected chi connectivity index (χ3v) is 9.15. The Bertz CT molecular complexity index is 1450. The van der Waals surface area contributed by atoms with Gasteiger partial charge in [-0.2, -0.15) is 13.2 Å². The van der Waals surface area contributed by atoms with Crippen molar-refractivity contribution in [3.63, 3.8) is 0 Å². The summed E-state index contributed by atoms with van der Waals surface area (Å²) >= 11 is 7.40. The summed E-state index contributed by atoms with van der Waals surface area (Å²) in [6, 6.07) is 10.8. The van der Waals surface area contributed by atoms with E-state index in [1.54, 1.807) is 18.3 Å². The van der Waals surface area contributed by atoms with Crippen LogP contribution >= 0.6 is 23.5 Å². The lowest BCUT2D eigenvalue weighted by Gasteiger charge is -2.20. The minimum absolute atomic E-state index is 0. The van der Waals surface area contributed by atoms with E-state index in [1.165, 1.54) is 36.1 Å².